The average molecular weight is 210 g/mol. The second-order valence-electron chi connectivity index (χ2n) is 3.21. The summed E-state index contributed by atoms with van der Waals surface area (Å²) in [6.45, 7) is 1.70. The molecule has 0 bridgehead atoms. The van der Waals surface area contributed by atoms with Crippen LogP contribution in [0.25, 0.3) is 0 Å². The SMILES string of the molecule is Cc1cc(F)cc(NC(=O)CC(N)=O)c1. The van der Waals surface area contributed by atoms with E-state index >= 15 is 0 Å². The van der Waals surface area contributed by atoms with Gasteiger partial charge in [-0.2, -0.15) is 0 Å². The van der Waals surface area contributed by atoms with Crippen LogP contribution in [-0.2, 0) is 9.59 Å². The summed E-state index contributed by atoms with van der Waals surface area (Å²) in [6.07, 6.45) is -0.407. The number of primary amides is 1. The lowest BCUT2D eigenvalue weighted by atomic mass is 10.2. The molecule has 0 fully saturated rings. The second-order valence-corrected chi connectivity index (χ2v) is 3.21. The van der Waals surface area contributed by atoms with E-state index in [2.05, 4.69) is 5.32 Å². The van der Waals surface area contributed by atoms with Gasteiger partial charge in [-0.15, -0.1) is 0 Å². The molecule has 0 atom stereocenters. The van der Waals surface area contributed by atoms with Crippen molar-refractivity contribution in [3.63, 3.8) is 0 Å². The average Bonchev–Trinajstić information content (AvgIpc) is 1.98. The lowest BCUT2D eigenvalue weighted by molar-refractivity contribution is -0.124. The van der Waals surface area contributed by atoms with Crippen molar-refractivity contribution in [2.24, 2.45) is 5.73 Å². The van der Waals surface area contributed by atoms with E-state index in [9.17, 15) is 14.0 Å². The number of anilines is 1. The van der Waals surface area contributed by atoms with E-state index < -0.39 is 24.1 Å². The zero-order valence-electron chi connectivity index (χ0n) is 8.21. The van der Waals surface area contributed by atoms with Gasteiger partial charge in [0.05, 0.1) is 0 Å². The normalized spacial score (nSPS) is 9.73. The van der Waals surface area contributed by atoms with Crippen LogP contribution in [0.5, 0.6) is 0 Å². The molecule has 0 saturated heterocycles. The number of nitrogens with one attached hydrogen (secondary N) is 1. The Morgan fingerprint density at radius 2 is 2.07 bits per heavy atom. The molecule has 0 aliphatic rings. The maximum Gasteiger partial charge on any atom is 0.233 e. The minimum Gasteiger partial charge on any atom is -0.369 e. The minimum atomic E-state index is -0.722. The fourth-order valence-electron chi connectivity index (χ4n) is 1.17. The Kier molecular flexibility index (Phi) is 3.38. The molecule has 4 nitrogen and oxygen atoms in total. The maximum atomic E-state index is 12.9. The highest BCUT2D eigenvalue weighted by Gasteiger charge is 2.06. The molecule has 0 saturated carbocycles. The molecule has 5 heteroatoms. The molecule has 3 N–H and O–H groups in total. The molecule has 80 valence electrons. The number of carbonyl (C=O) groups is 2. The highest BCUT2D eigenvalue weighted by molar-refractivity contribution is 6.03. The van der Waals surface area contributed by atoms with Gasteiger partial charge in [-0.25, -0.2) is 4.39 Å². The van der Waals surface area contributed by atoms with E-state index in [1.807, 2.05) is 0 Å². The van der Waals surface area contributed by atoms with E-state index in [1.54, 1.807) is 13.0 Å². The van der Waals surface area contributed by atoms with Crippen LogP contribution in [0.1, 0.15) is 12.0 Å². The first-order valence-corrected chi connectivity index (χ1v) is 4.33. The molecule has 0 aromatic heterocycles. The highest BCUT2D eigenvalue weighted by Crippen LogP contribution is 2.13. The van der Waals surface area contributed by atoms with Crippen LogP contribution >= 0.6 is 0 Å². The molecular weight excluding hydrogens is 199 g/mol. The van der Waals surface area contributed by atoms with E-state index in [1.165, 1.54) is 12.1 Å². The third-order valence-corrected chi connectivity index (χ3v) is 1.66. The van der Waals surface area contributed by atoms with Gasteiger partial charge in [0.2, 0.25) is 11.8 Å². The van der Waals surface area contributed by atoms with Gasteiger partial charge in [0.15, 0.2) is 0 Å². The number of aryl methyl sites for hydroxylation is 1. The van der Waals surface area contributed by atoms with Crippen molar-refractivity contribution in [3.8, 4) is 0 Å². The van der Waals surface area contributed by atoms with Crippen molar-refractivity contribution < 1.29 is 14.0 Å². The van der Waals surface area contributed by atoms with E-state index in [0.717, 1.165) is 0 Å². The van der Waals surface area contributed by atoms with Gasteiger partial charge in [0, 0.05) is 5.69 Å². The summed E-state index contributed by atoms with van der Waals surface area (Å²) in [6, 6.07) is 4.11. The number of halogens is 1. The predicted octanol–water partition coefficient (Wildman–Crippen LogP) is 0.948. The zero-order chi connectivity index (χ0) is 11.4. The summed E-state index contributed by atoms with van der Waals surface area (Å²) in [5, 5.41) is 2.38. The van der Waals surface area contributed by atoms with Crippen LogP contribution in [0.2, 0.25) is 0 Å². The molecule has 1 rings (SSSR count). The molecule has 0 unspecified atom stereocenters. The summed E-state index contributed by atoms with van der Waals surface area (Å²) in [5.41, 5.74) is 5.84. The lowest BCUT2D eigenvalue weighted by Gasteiger charge is -2.04. The number of rotatable bonds is 3. The molecule has 0 heterocycles. The van der Waals surface area contributed by atoms with Crippen LogP contribution in [0.4, 0.5) is 10.1 Å². The third-order valence-electron chi connectivity index (χ3n) is 1.66. The van der Waals surface area contributed by atoms with Gasteiger partial charge in [-0.05, 0) is 30.7 Å². The molecule has 0 radical (unpaired) electrons. The van der Waals surface area contributed by atoms with Crippen molar-refractivity contribution >= 4 is 17.5 Å². The second kappa shape index (κ2) is 4.54. The van der Waals surface area contributed by atoms with Crippen molar-refractivity contribution in [3.05, 3.63) is 29.6 Å². The van der Waals surface area contributed by atoms with Crippen LogP contribution < -0.4 is 11.1 Å². The Balaban J connectivity index is 2.72. The summed E-state index contributed by atoms with van der Waals surface area (Å²) < 4.78 is 12.9. The van der Waals surface area contributed by atoms with E-state index in [4.69, 9.17) is 5.73 Å². The Labute approximate surface area is 86.3 Å². The Bertz CT molecular complexity index is 384. The van der Waals surface area contributed by atoms with Crippen LogP contribution in [0, 0.1) is 12.7 Å². The fraction of sp³-hybridized carbons (Fsp3) is 0.200. The standard InChI is InChI=1S/C10H11FN2O2/c1-6-2-7(11)4-8(3-6)13-10(15)5-9(12)14/h2-4H,5H2,1H3,(H2,12,14)(H,13,15). The number of carbonyl (C=O) groups excluding carboxylic acids is 2. The molecule has 1 aromatic rings. The maximum absolute atomic E-state index is 12.9. The number of hydrogen-bond acceptors (Lipinski definition) is 2. The lowest BCUT2D eigenvalue weighted by Crippen LogP contribution is -2.21. The quantitative estimate of drug-likeness (QED) is 0.729. The smallest absolute Gasteiger partial charge is 0.233 e. The molecule has 1 aromatic carbocycles. The van der Waals surface area contributed by atoms with Gasteiger partial charge in [0.1, 0.15) is 12.2 Å². The van der Waals surface area contributed by atoms with Gasteiger partial charge >= 0.3 is 0 Å². The van der Waals surface area contributed by atoms with Crippen LogP contribution in [0.3, 0.4) is 0 Å². The molecule has 0 spiro atoms. The van der Waals surface area contributed by atoms with E-state index in [-0.39, 0.29) is 0 Å². The summed E-state index contributed by atoms with van der Waals surface area (Å²) in [5.74, 6) is -1.71. The van der Waals surface area contributed by atoms with Crippen molar-refractivity contribution in [1.29, 1.82) is 0 Å². The minimum absolute atomic E-state index is 0.318. The van der Waals surface area contributed by atoms with E-state index in [0.29, 0.717) is 11.3 Å². The van der Waals surface area contributed by atoms with Crippen molar-refractivity contribution in [2.75, 3.05) is 5.32 Å². The van der Waals surface area contributed by atoms with Gasteiger partial charge in [0.25, 0.3) is 0 Å². The van der Waals surface area contributed by atoms with Gasteiger partial charge in [-0.1, -0.05) is 0 Å². The first kappa shape index (κ1) is 11.2. The number of nitrogens with two attached hydrogens (primary N) is 1. The summed E-state index contributed by atoms with van der Waals surface area (Å²) in [4.78, 5) is 21.5. The molecule has 0 aliphatic carbocycles. The van der Waals surface area contributed by atoms with Crippen LogP contribution in [-0.4, -0.2) is 11.8 Å². The molecular formula is C10H11FN2O2. The molecule has 2 amide bonds. The third kappa shape index (κ3) is 3.76. The van der Waals surface area contributed by atoms with Gasteiger partial charge in [-0.3, -0.25) is 9.59 Å². The predicted molar refractivity (Wildman–Crippen MR) is 53.6 cm³/mol. The molecule has 0 aliphatic heterocycles. The summed E-state index contributed by atoms with van der Waals surface area (Å²) >= 11 is 0. The summed E-state index contributed by atoms with van der Waals surface area (Å²) in [7, 11) is 0. The number of benzene rings is 1. The van der Waals surface area contributed by atoms with Crippen molar-refractivity contribution in [1.82, 2.24) is 0 Å². The first-order valence-electron chi connectivity index (χ1n) is 4.33. The number of amides is 2. The largest absolute Gasteiger partial charge is 0.369 e. The Morgan fingerprint density at radius 3 is 2.60 bits per heavy atom. The monoisotopic (exact) mass is 210 g/mol. The van der Waals surface area contributed by atoms with Crippen LogP contribution in [0.15, 0.2) is 18.2 Å². The fourth-order valence-corrected chi connectivity index (χ4v) is 1.17. The Morgan fingerprint density at radius 1 is 1.40 bits per heavy atom. The van der Waals surface area contributed by atoms with Crippen molar-refractivity contribution in [2.45, 2.75) is 13.3 Å². The first-order chi connectivity index (χ1) is 6.97. The molecule has 15 heavy (non-hydrogen) atoms. The van der Waals surface area contributed by atoms with Gasteiger partial charge < -0.3 is 11.1 Å². The Hall–Kier alpha value is -1.91. The number of hydrogen-bond donors (Lipinski definition) is 2. The highest BCUT2D eigenvalue weighted by atomic mass is 19.1. The zero-order valence-corrected chi connectivity index (χ0v) is 8.21. The topological polar surface area (TPSA) is 72.2 Å².